The molecule has 4 aromatic rings. The van der Waals surface area contributed by atoms with Gasteiger partial charge in [-0.05, 0) is 93.8 Å². The lowest BCUT2D eigenvalue weighted by atomic mass is 9.87. The number of benzene rings is 2. The summed E-state index contributed by atoms with van der Waals surface area (Å²) in [4.78, 5) is 32.7. The number of anilines is 2. The molecular formula is C40H50N6O5S. The van der Waals surface area contributed by atoms with Gasteiger partial charge in [-0.2, -0.15) is 4.98 Å². The smallest absolute Gasteiger partial charge is 0.264 e. The standard InChI is InChI=1S/C40H50N6O5S/c1-26(2)45(19-20-50-32-17-18-32)35-16-10-14-30(41-35)24-46-31(23-40(5,6)7)25-51-36-22-34(37-27(3)11-8-12-28(37)4)42-39(43-36)44-52(48,49)33-15-9-13-29(21-33)38(46)47/h8-16,21-22,26,31-32H,17-20,23-25H2,1-7H3,(H,42,43,44)/t31-/m1/s1. The fourth-order valence-corrected chi connectivity index (χ4v) is 7.62. The number of carbonyl (C=O) groups excluding carboxylic acids is 1. The van der Waals surface area contributed by atoms with Crippen LogP contribution in [-0.4, -0.2) is 72.1 Å². The van der Waals surface area contributed by atoms with Crippen molar-refractivity contribution in [2.75, 3.05) is 29.4 Å². The highest BCUT2D eigenvalue weighted by molar-refractivity contribution is 7.92. The zero-order valence-corrected chi connectivity index (χ0v) is 32.0. The molecule has 276 valence electrons. The molecule has 2 aliphatic rings. The highest BCUT2D eigenvalue weighted by Gasteiger charge is 2.32. The molecule has 52 heavy (non-hydrogen) atoms. The summed E-state index contributed by atoms with van der Waals surface area (Å²) in [6, 6.07) is 19.4. The van der Waals surface area contributed by atoms with Crippen LogP contribution in [0.3, 0.4) is 0 Å². The Balaban J connectivity index is 1.42. The van der Waals surface area contributed by atoms with E-state index in [0.29, 0.717) is 37.1 Å². The number of rotatable bonds is 10. The van der Waals surface area contributed by atoms with E-state index in [9.17, 15) is 13.2 Å². The van der Waals surface area contributed by atoms with Gasteiger partial charge in [-0.15, -0.1) is 0 Å². The van der Waals surface area contributed by atoms with Crippen LogP contribution in [0.4, 0.5) is 11.8 Å². The van der Waals surface area contributed by atoms with Crippen molar-refractivity contribution in [2.45, 2.75) is 97.4 Å². The van der Waals surface area contributed by atoms with Gasteiger partial charge in [-0.1, -0.05) is 51.1 Å². The molecule has 1 fully saturated rings. The summed E-state index contributed by atoms with van der Waals surface area (Å²) in [6.07, 6.45) is 3.20. The maximum Gasteiger partial charge on any atom is 0.264 e. The van der Waals surface area contributed by atoms with Crippen LogP contribution in [0, 0.1) is 19.3 Å². The van der Waals surface area contributed by atoms with Crippen LogP contribution >= 0.6 is 0 Å². The van der Waals surface area contributed by atoms with E-state index in [-0.39, 0.29) is 52.8 Å². The Bertz CT molecular complexity index is 2000. The predicted octanol–water partition coefficient (Wildman–Crippen LogP) is 7.19. The fraction of sp³-hybridized carbons (Fsp3) is 0.450. The van der Waals surface area contributed by atoms with Gasteiger partial charge < -0.3 is 19.3 Å². The van der Waals surface area contributed by atoms with E-state index >= 15 is 0 Å². The van der Waals surface area contributed by atoms with Gasteiger partial charge in [-0.3, -0.25) is 4.79 Å². The summed E-state index contributed by atoms with van der Waals surface area (Å²) in [6.45, 7) is 16.2. The molecule has 2 aromatic carbocycles. The second-order valence-corrected chi connectivity index (χ2v) is 17.0. The first-order chi connectivity index (χ1) is 24.7. The molecular weight excluding hydrogens is 677 g/mol. The van der Waals surface area contributed by atoms with Crippen LogP contribution in [0.2, 0.25) is 0 Å². The number of fused-ring (bicyclic) bond motifs is 4. The van der Waals surface area contributed by atoms with Crippen molar-refractivity contribution in [1.29, 1.82) is 0 Å². The third-order valence-electron chi connectivity index (χ3n) is 9.28. The molecule has 11 nitrogen and oxygen atoms in total. The first-order valence-electron chi connectivity index (χ1n) is 18.0. The van der Waals surface area contributed by atoms with Gasteiger partial charge in [0.05, 0.1) is 41.6 Å². The van der Waals surface area contributed by atoms with Crippen LogP contribution in [0.15, 0.2) is 71.6 Å². The van der Waals surface area contributed by atoms with E-state index in [1.54, 1.807) is 23.1 Å². The lowest BCUT2D eigenvalue weighted by Crippen LogP contribution is -2.45. The average molecular weight is 727 g/mol. The number of hydrogen-bond donors (Lipinski definition) is 1. The number of carbonyl (C=O) groups is 1. The van der Waals surface area contributed by atoms with E-state index in [1.165, 1.54) is 12.1 Å². The summed E-state index contributed by atoms with van der Waals surface area (Å²) in [7, 11) is -4.18. The molecule has 12 heteroatoms. The van der Waals surface area contributed by atoms with Crippen LogP contribution in [-0.2, 0) is 21.3 Å². The van der Waals surface area contributed by atoms with Gasteiger partial charge in [0, 0.05) is 29.8 Å². The highest BCUT2D eigenvalue weighted by Crippen LogP contribution is 2.32. The quantitative estimate of drug-likeness (QED) is 0.181. The molecule has 0 saturated heterocycles. The molecule has 1 amide bonds. The minimum absolute atomic E-state index is 0.0745. The molecule has 1 saturated carbocycles. The maximum absolute atomic E-state index is 14.6. The molecule has 1 aliphatic heterocycles. The normalized spacial score (nSPS) is 17.4. The number of pyridine rings is 1. The Morgan fingerprint density at radius 2 is 1.69 bits per heavy atom. The van der Waals surface area contributed by atoms with E-state index in [2.05, 4.69) is 54.2 Å². The zero-order valence-electron chi connectivity index (χ0n) is 31.2. The maximum atomic E-state index is 14.6. The van der Waals surface area contributed by atoms with Gasteiger partial charge in [0.15, 0.2) is 0 Å². The fourth-order valence-electron chi connectivity index (χ4n) is 6.63. The second-order valence-electron chi connectivity index (χ2n) is 15.3. The zero-order chi connectivity index (χ0) is 37.2. The minimum Gasteiger partial charge on any atom is -0.475 e. The number of sulfonamides is 1. The van der Waals surface area contributed by atoms with Crippen molar-refractivity contribution < 1.29 is 22.7 Å². The topological polar surface area (TPSA) is 127 Å². The Labute approximate surface area is 307 Å². The second kappa shape index (κ2) is 15.2. The summed E-state index contributed by atoms with van der Waals surface area (Å²) in [5.41, 5.74) is 4.10. The number of hydrogen-bond acceptors (Lipinski definition) is 9. The van der Waals surface area contributed by atoms with Crippen molar-refractivity contribution in [1.82, 2.24) is 19.9 Å². The third-order valence-corrected chi connectivity index (χ3v) is 10.6. The van der Waals surface area contributed by atoms with Crippen molar-refractivity contribution in [3.8, 4) is 17.1 Å². The number of ether oxygens (including phenoxy) is 2. The molecule has 4 bridgehead atoms. The van der Waals surface area contributed by atoms with Crippen molar-refractivity contribution in [3.05, 3.63) is 89.1 Å². The SMILES string of the molecule is Cc1cccc(C)c1-c1cc2nc(n1)NS(=O)(=O)c1cccc(c1)C(=O)N(Cc1cccc(N(CCOC3CC3)C(C)C)n1)[C@H](CC(C)(C)C)CO2. The number of aryl methyl sites for hydroxylation is 2. The number of amides is 1. The van der Waals surface area contributed by atoms with Crippen LogP contribution < -0.4 is 14.4 Å². The molecule has 3 heterocycles. The van der Waals surface area contributed by atoms with Gasteiger partial charge in [0.1, 0.15) is 12.4 Å². The molecule has 2 aromatic heterocycles. The molecule has 0 radical (unpaired) electrons. The molecule has 0 unspecified atom stereocenters. The highest BCUT2D eigenvalue weighted by atomic mass is 32.2. The summed E-state index contributed by atoms with van der Waals surface area (Å²) in [5, 5.41) is 0. The van der Waals surface area contributed by atoms with E-state index in [1.807, 2.05) is 50.2 Å². The molecule has 1 N–H and O–H groups in total. The first kappa shape index (κ1) is 37.2. The van der Waals surface area contributed by atoms with Crippen molar-refractivity contribution in [3.63, 3.8) is 0 Å². The minimum atomic E-state index is -4.18. The number of nitrogens with one attached hydrogen (secondary N) is 1. The molecule has 1 aliphatic carbocycles. The third kappa shape index (κ3) is 9.08. The van der Waals surface area contributed by atoms with Gasteiger partial charge in [0.25, 0.3) is 15.9 Å². The van der Waals surface area contributed by atoms with Crippen molar-refractivity contribution >= 4 is 27.7 Å². The Morgan fingerprint density at radius 1 is 0.981 bits per heavy atom. The largest absolute Gasteiger partial charge is 0.475 e. The molecule has 0 spiro atoms. The summed E-state index contributed by atoms with van der Waals surface area (Å²) >= 11 is 0. The summed E-state index contributed by atoms with van der Waals surface area (Å²) in [5.74, 6) is 0.562. The van der Waals surface area contributed by atoms with Crippen LogP contribution in [0.25, 0.3) is 11.3 Å². The lowest BCUT2D eigenvalue weighted by Gasteiger charge is -2.36. The first-order valence-corrected chi connectivity index (χ1v) is 19.5. The monoisotopic (exact) mass is 726 g/mol. The van der Waals surface area contributed by atoms with E-state index in [0.717, 1.165) is 35.3 Å². The Hall–Kier alpha value is -4.55. The van der Waals surface area contributed by atoms with Gasteiger partial charge >= 0.3 is 0 Å². The molecule has 6 rings (SSSR count). The van der Waals surface area contributed by atoms with Crippen LogP contribution in [0.5, 0.6) is 5.88 Å². The number of aromatic nitrogens is 3. The van der Waals surface area contributed by atoms with Crippen LogP contribution in [0.1, 0.15) is 81.1 Å². The van der Waals surface area contributed by atoms with E-state index < -0.39 is 16.1 Å². The Morgan fingerprint density at radius 3 is 2.38 bits per heavy atom. The van der Waals surface area contributed by atoms with Crippen molar-refractivity contribution in [2.24, 2.45) is 5.41 Å². The number of nitrogens with zero attached hydrogens (tertiary/aromatic N) is 5. The molecule has 1 atom stereocenters. The Kier molecular flexibility index (Phi) is 10.9. The average Bonchev–Trinajstić information content (AvgIpc) is 3.91. The van der Waals surface area contributed by atoms with Gasteiger partial charge in [-0.25, -0.2) is 23.1 Å². The lowest BCUT2D eigenvalue weighted by molar-refractivity contribution is 0.0509. The summed E-state index contributed by atoms with van der Waals surface area (Å²) < 4.78 is 42.5. The van der Waals surface area contributed by atoms with E-state index in [4.69, 9.17) is 14.5 Å². The predicted molar refractivity (Wildman–Crippen MR) is 203 cm³/mol. The van der Waals surface area contributed by atoms with Gasteiger partial charge in [0.2, 0.25) is 11.8 Å².